The van der Waals surface area contributed by atoms with Crippen molar-refractivity contribution in [1.29, 1.82) is 0 Å². The molecular formula is C21H30N2O4. The summed E-state index contributed by atoms with van der Waals surface area (Å²) in [5.41, 5.74) is 1.99. The Morgan fingerprint density at radius 1 is 1.00 bits per heavy atom. The van der Waals surface area contributed by atoms with E-state index in [9.17, 15) is 14.4 Å². The van der Waals surface area contributed by atoms with Crippen LogP contribution >= 0.6 is 0 Å². The molecular weight excluding hydrogens is 344 g/mol. The Morgan fingerprint density at radius 2 is 1.63 bits per heavy atom. The quantitative estimate of drug-likeness (QED) is 0.382. The zero-order valence-electron chi connectivity index (χ0n) is 15.8. The Balaban J connectivity index is 1.56. The number of carboxylic acids is 1. The van der Waals surface area contributed by atoms with Crippen LogP contribution in [0.1, 0.15) is 75.7 Å². The van der Waals surface area contributed by atoms with Gasteiger partial charge >= 0.3 is 5.97 Å². The van der Waals surface area contributed by atoms with Gasteiger partial charge in [-0.3, -0.25) is 19.7 Å². The Hall–Kier alpha value is -2.37. The summed E-state index contributed by atoms with van der Waals surface area (Å²) in [5.74, 6) is -1.32. The van der Waals surface area contributed by atoms with Gasteiger partial charge in [0.1, 0.15) is 0 Å². The lowest BCUT2D eigenvalue weighted by Gasteiger charge is -2.21. The topological polar surface area (TPSA) is 95.5 Å². The first-order chi connectivity index (χ1) is 13.1. The minimum atomic E-state index is -0.703. The van der Waals surface area contributed by atoms with Crippen LogP contribution in [0, 0.1) is 0 Å². The number of imide groups is 1. The highest BCUT2D eigenvalue weighted by molar-refractivity contribution is 6.00. The summed E-state index contributed by atoms with van der Waals surface area (Å²) in [5, 5.41) is 14.4. The number of rotatable bonds is 12. The van der Waals surface area contributed by atoms with E-state index >= 15 is 0 Å². The fourth-order valence-electron chi connectivity index (χ4n) is 3.36. The molecule has 1 fully saturated rings. The standard InChI is InChI=1S/C21H30N2O4/c24-19-14-13-18(21(27)23-19)16-9-11-17(12-10-16)22-15-7-5-3-1-2-4-6-8-20(25)26/h9-12,18,22H,1-8,13-15H2,(H,25,26)(H,23,24,27). The molecule has 2 amide bonds. The highest BCUT2D eigenvalue weighted by Crippen LogP contribution is 2.25. The number of nitrogens with one attached hydrogen (secondary N) is 2. The minimum absolute atomic E-state index is 0.185. The zero-order valence-corrected chi connectivity index (χ0v) is 15.8. The molecule has 27 heavy (non-hydrogen) atoms. The van der Waals surface area contributed by atoms with Crippen molar-refractivity contribution in [3.8, 4) is 0 Å². The average molecular weight is 374 g/mol. The molecule has 0 radical (unpaired) electrons. The second-order valence-electron chi connectivity index (χ2n) is 7.17. The number of amides is 2. The molecule has 1 heterocycles. The van der Waals surface area contributed by atoms with Crippen LogP contribution in [0.3, 0.4) is 0 Å². The van der Waals surface area contributed by atoms with Crippen LogP contribution in [0.15, 0.2) is 24.3 Å². The number of carbonyl (C=O) groups excluding carboxylic acids is 2. The molecule has 1 aliphatic rings. The number of carbonyl (C=O) groups is 3. The van der Waals surface area contributed by atoms with Crippen LogP contribution in [0.2, 0.25) is 0 Å². The van der Waals surface area contributed by atoms with Crippen molar-refractivity contribution in [2.24, 2.45) is 0 Å². The summed E-state index contributed by atoms with van der Waals surface area (Å²) >= 11 is 0. The van der Waals surface area contributed by atoms with Crippen LogP contribution < -0.4 is 10.6 Å². The third-order valence-electron chi connectivity index (χ3n) is 4.95. The molecule has 0 aromatic heterocycles. The Bertz CT molecular complexity index is 628. The molecule has 6 heteroatoms. The molecule has 1 aliphatic heterocycles. The van der Waals surface area contributed by atoms with Gasteiger partial charge < -0.3 is 10.4 Å². The SMILES string of the molecule is O=C(O)CCCCCCCCCNc1ccc(C2CCC(=O)NC2=O)cc1. The smallest absolute Gasteiger partial charge is 0.303 e. The minimum Gasteiger partial charge on any atom is -0.481 e. The van der Waals surface area contributed by atoms with Crippen LogP contribution in [-0.4, -0.2) is 29.4 Å². The lowest BCUT2D eigenvalue weighted by Crippen LogP contribution is -2.39. The Morgan fingerprint density at radius 3 is 2.26 bits per heavy atom. The maximum Gasteiger partial charge on any atom is 0.303 e. The predicted molar refractivity (Wildman–Crippen MR) is 105 cm³/mol. The lowest BCUT2D eigenvalue weighted by molar-refractivity contribution is -0.137. The third kappa shape index (κ3) is 7.81. The number of benzene rings is 1. The van der Waals surface area contributed by atoms with Crippen molar-refractivity contribution >= 4 is 23.5 Å². The average Bonchev–Trinajstić information content (AvgIpc) is 2.64. The van der Waals surface area contributed by atoms with Gasteiger partial charge in [-0.2, -0.15) is 0 Å². The molecule has 1 aromatic rings. The predicted octanol–water partition coefficient (Wildman–Crippen LogP) is 3.82. The Labute approximate surface area is 160 Å². The molecule has 0 bridgehead atoms. The van der Waals surface area contributed by atoms with E-state index in [1.807, 2.05) is 24.3 Å². The van der Waals surface area contributed by atoms with E-state index in [-0.39, 0.29) is 24.2 Å². The lowest BCUT2D eigenvalue weighted by atomic mass is 9.90. The van der Waals surface area contributed by atoms with Crippen LogP contribution in [-0.2, 0) is 14.4 Å². The maximum atomic E-state index is 11.9. The second-order valence-corrected chi connectivity index (χ2v) is 7.17. The fraction of sp³-hybridized carbons (Fsp3) is 0.571. The van der Waals surface area contributed by atoms with Crippen molar-refractivity contribution in [2.75, 3.05) is 11.9 Å². The highest BCUT2D eigenvalue weighted by Gasteiger charge is 2.27. The number of aliphatic carboxylic acids is 1. The van der Waals surface area contributed by atoms with Crippen LogP contribution in [0.5, 0.6) is 0 Å². The third-order valence-corrected chi connectivity index (χ3v) is 4.95. The van der Waals surface area contributed by atoms with Gasteiger partial charge in [0.15, 0.2) is 0 Å². The molecule has 0 saturated carbocycles. The summed E-state index contributed by atoms with van der Waals surface area (Å²) < 4.78 is 0. The molecule has 148 valence electrons. The number of piperidine rings is 1. The molecule has 2 rings (SSSR count). The van der Waals surface area contributed by atoms with Crippen molar-refractivity contribution in [3.05, 3.63) is 29.8 Å². The van der Waals surface area contributed by atoms with E-state index in [0.717, 1.165) is 43.5 Å². The van der Waals surface area contributed by atoms with Gasteiger partial charge in [0.25, 0.3) is 0 Å². The van der Waals surface area contributed by atoms with E-state index in [0.29, 0.717) is 12.8 Å². The van der Waals surface area contributed by atoms with Gasteiger partial charge in [0, 0.05) is 25.1 Å². The Kier molecular flexibility index (Phi) is 8.81. The fourth-order valence-corrected chi connectivity index (χ4v) is 3.36. The van der Waals surface area contributed by atoms with Crippen molar-refractivity contribution in [3.63, 3.8) is 0 Å². The first-order valence-electron chi connectivity index (χ1n) is 9.95. The molecule has 3 N–H and O–H groups in total. The summed E-state index contributed by atoms with van der Waals surface area (Å²) in [6.45, 7) is 0.913. The largest absolute Gasteiger partial charge is 0.481 e. The number of hydrogen-bond acceptors (Lipinski definition) is 4. The number of hydrogen-bond donors (Lipinski definition) is 3. The molecule has 1 saturated heterocycles. The number of unbranched alkanes of at least 4 members (excludes halogenated alkanes) is 6. The summed E-state index contributed by atoms with van der Waals surface area (Å²) in [7, 11) is 0. The van der Waals surface area contributed by atoms with Crippen molar-refractivity contribution in [2.45, 2.75) is 70.1 Å². The normalized spacial score (nSPS) is 16.8. The molecule has 1 aromatic carbocycles. The van der Waals surface area contributed by atoms with Gasteiger partial charge in [0.2, 0.25) is 11.8 Å². The zero-order chi connectivity index (χ0) is 19.5. The van der Waals surface area contributed by atoms with Gasteiger partial charge in [0.05, 0.1) is 5.92 Å². The van der Waals surface area contributed by atoms with E-state index in [1.54, 1.807) is 0 Å². The molecule has 6 nitrogen and oxygen atoms in total. The molecule has 1 unspecified atom stereocenters. The van der Waals surface area contributed by atoms with Crippen molar-refractivity contribution < 1.29 is 19.5 Å². The summed E-state index contributed by atoms with van der Waals surface area (Å²) in [6.07, 6.45) is 8.78. The monoisotopic (exact) mass is 374 g/mol. The molecule has 0 aliphatic carbocycles. The van der Waals surface area contributed by atoms with Crippen LogP contribution in [0.4, 0.5) is 5.69 Å². The van der Waals surface area contributed by atoms with E-state index < -0.39 is 5.97 Å². The van der Waals surface area contributed by atoms with Crippen molar-refractivity contribution in [1.82, 2.24) is 5.32 Å². The summed E-state index contributed by atoms with van der Waals surface area (Å²) in [4.78, 5) is 33.5. The van der Waals surface area contributed by atoms with Crippen LogP contribution in [0.25, 0.3) is 0 Å². The summed E-state index contributed by atoms with van der Waals surface area (Å²) in [6, 6.07) is 7.89. The second kappa shape index (κ2) is 11.4. The van der Waals surface area contributed by atoms with Gasteiger partial charge in [-0.05, 0) is 37.0 Å². The van der Waals surface area contributed by atoms with Gasteiger partial charge in [-0.25, -0.2) is 0 Å². The van der Waals surface area contributed by atoms with Gasteiger partial charge in [-0.15, -0.1) is 0 Å². The first kappa shape index (κ1) is 20.9. The number of carboxylic acid groups (broad SMARTS) is 1. The van der Waals surface area contributed by atoms with Gasteiger partial charge in [-0.1, -0.05) is 44.2 Å². The number of anilines is 1. The van der Waals surface area contributed by atoms with E-state index in [1.165, 1.54) is 19.3 Å². The van der Waals surface area contributed by atoms with E-state index in [2.05, 4.69) is 10.6 Å². The van der Waals surface area contributed by atoms with E-state index in [4.69, 9.17) is 5.11 Å². The highest BCUT2D eigenvalue weighted by atomic mass is 16.4. The first-order valence-corrected chi connectivity index (χ1v) is 9.95. The molecule has 0 spiro atoms. The maximum absolute atomic E-state index is 11.9. The molecule has 1 atom stereocenters.